The van der Waals surface area contributed by atoms with Gasteiger partial charge in [-0.1, -0.05) is 13.8 Å². The lowest BCUT2D eigenvalue weighted by atomic mass is 9.62. The minimum Gasteiger partial charge on any atom is -0.444 e. The van der Waals surface area contributed by atoms with E-state index in [2.05, 4.69) is 36.4 Å². The summed E-state index contributed by atoms with van der Waals surface area (Å²) in [4.78, 5) is 16.3. The third-order valence-corrected chi connectivity index (χ3v) is 4.66. The number of amides is 1. The van der Waals surface area contributed by atoms with Crippen molar-refractivity contribution in [2.75, 3.05) is 0 Å². The normalized spacial score (nSPS) is 24.7. The van der Waals surface area contributed by atoms with Gasteiger partial charge < -0.3 is 19.9 Å². The lowest BCUT2D eigenvalue weighted by Crippen LogP contribution is -2.66. The topological polar surface area (TPSA) is 68.2 Å². The van der Waals surface area contributed by atoms with Crippen molar-refractivity contribution in [3.05, 3.63) is 18.2 Å². The Morgan fingerprint density at radius 1 is 1.43 bits per heavy atom. The maximum atomic E-state index is 11.9. The predicted octanol–water partition coefficient (Wildman–Crippen LogP) is 2.76. The molecule has 2 N–H and O–H groups in total. The van der Waals surface area contributed by atoms with Gasteiger partial charge in [-0.05, 0) is 34.1 Å². The standard InChI is InChI=1S/C17H30N4O2/c1-11(14-18-8-9-21(14)7)19-12-10-13(17(12,5)6)20-15(22)23-16(2,3)4/h8-9,11-13,19H,10H2,1-7H3,(H,20,22). The maximum absolute atomic E-state index is 11.9. The average Bonchev–Trinajstić information content (AvgIpc) is 2.81. The Kier molecular flexibility index (Phi) is 4.76. The van der Waals surface area contributed by atoms with Crippen molar-refractivity contribution in [1.29, 1.82) is 0 Å². The Hall–Kier alpha value is -1.56. The molecule has 6 nitrogen and oxygen atoms in total. The predicted molar refractivity (Wildman–Crippen MR) is 90.1 cm³/mol. The van der Waals surface area contributed by atoms with Crippen molar-refractivity contribution < 1.29 is 9.53 Å². The number of imidazole rings is 1. The second-order valence-electron chi connectivity index (χ2n) is 8.09. The van der Waals surface area contributed by atoms with Crippen molar-refractivity contribution in [3.8, 4) is 0 Å². The molecular formula is C17H30N4O2. The van der Waals surface area contributed by atoms with E-state index in [1.165, 1.54) is 0 Å². The molecule has 1 aromatic heterocycles. The van der Waals surface area contributed by atoms with Crippen LogP contribution in [0.1, 0.15) is 59.8 Å². The fourth-order valence-corrected chi connectivity index (χ4v) is 3.07. The molecule has 0 bridgehead atoms. The van der Waals surface area contributed by atoms with E-state index in [9.17, 15) is 4.79 Å². The minimum atomic E-state index is -0.470. The quantitative estimate of drug-likeness (QED) is 0.894. The molecule has 0 spiro atoms. The van der Waals surface area contributed by atoms with Crippen molar-refractivity contribution in [2.45, 2.75) is 71.7 Å². The maximum Gasteiger partial charge on any atom is 0.407 e. The van der Waals surface area contributed by atoms with Crippen LogP contribution in [0.2, 0.25) is 0 Å². The molecule has 0 radical (unpaired) electrons. The van der Waals surface area contributed by atoms with Gasteiger partial charge in [-0.3, -0.25) is 0 Å². The molecule has 6 heteroatoms. The van der Waals surface area contributed by atoms with Crippen LogP contribution in [-0.4, -0.2) is 33.3 Å². The third kappa shape index (κ3) is 4.05. The summed E-state index contributed by atoms with van der Waals surface area (Å²) in [6.45, 7) is 12.1. The average molecular weight is 322 g/mol. The smallest absolute Gasteiger partial charge is 0.407 e. The van der Waals surface area contributed by atoms with Crippen LogP contribution in [0.3, 0.4) is 0 Å². The molecule has 1 saturated carbocycles. The van der Waals surface area contributed by atoms with Gasteiger partial charge in [-0.2, -0.15) is 0 Å². The fourth-order valence-electron chi connectivity index (χ4n) is 3.07. The summed E-state index contributed by atoms with van der Waals surface area (Å²) >= 11 is 0. The highest BCUT2D eigenvalue weighted by Gasteiger charge is 2.49. The van der Waals surface area contributed by atoms with Crippen LogP contribution in [0.5, 0.6) is 0 Å². The molecule has 1 fully saturated rings. The van der Waals surface area contributed by atoms with Gasteiger partial charge in [-0.25, -0.2) is 9.78 Å². The number of ether oxygens (including phenoxy) is 1. The molecule has 2 rings (SSSR count). The molecule has 0 saturated heterocycles. The summed E-state index contributed by atoms with van der Waals surface area (Å²) in [6.07, 6.45) is 4.31. The molecule has 1 aliphatic rings. The summed E-state index contributed by atoms with van der Waals surface area (Å²) in [5.74, 6) is 1.02. The number of nitrogens with one attached hydrogen (secondary N) is 2. The van der Waals surface area contributed by atoms with Crippen LogP contribution in [0.25, 0.3) is 0 Å². The zero-order chi connectivity index (χ0) is 17.4. The van der Waals surface area contributed by atoms with Crippen molar-refractivity contribution >= 4 is 6.09 Å². The fraction of sp³-hybridized carbons (Fsp3) is 0.765. The number of rotatable bonds is 4. The number of aromatic nitrogens is 2. The van der Waals surface area contributed by atoms with Crippen molar-refractivity contribution in [1.82, 2.24) is 20.2 Å². The Morgan fingerprint density at radius 2 is 2.09 bits per heavy atom. The highest BCUT2D eigenvalue weighted by molar-refractivity contribution is 5.68. The zero-order valence-corrected chi connectivity index (χ0v) is 15.3. The molecule has 1 heterocycles. The zero-order valence-electron chi connectivity index (χ0n) is 15.3. The molecule has 0 aromatic carbocycles. The van der Waals surface area contributed by atoms with Crippen molar-refractivity contribution in [2.24, 2.45) is 12.5 Å². The van der Waals surface area contributed by atoms with Gasteiger partial charge in [0.05, 0.1) is 6.04 Å². The van der Waals surface area contributed by atoms with E-state index in [4.69, 9.17) is 4.74 Å². The molecule has 1 aromatic rings. The van der Waals surface area contributed by atoms with Crippen LogP contribution in [0, 0.1) is 5.41 Å². The Balaban J connectivity index is 1.89. The molecule has 130 valence electrons. The van der Waals surface area contributed by atoms with Gasteiger partial charge in [0.15, 0.2) is 0 Å². The summed E-state index contributed by atoms with van der Waals surface area (Å²) in [5, 5.41) is 6.62. The number of carbonyl (C=O) groups excluding carboxylic acids is 1. The summed E-state index contributed by atoms with van der Waals surface area (Å²) in [5.41, 5.74) is -0.501. The summed E-state index contributed by atoms with van der Waals surface area (Å²) in [7, 11) is 2.00. The number of hydrogen-bond donors (Lipinski definition) is 2. The second-order valence-corrected chi connectivity index (χ2v) is 8.09. The second kappa shape index (κ2) is 6.15. The Labute approximate surface area is 139 Å². The van der Waals surface area contributed by atoms with Crippen LogP contribution >= 0.6 is 0 Å². The van der Waals surface area contributed by atoms with E-state index >= 15 is 0 Å². The number of hydrogen-bond acceptors (Lipinski definition) is 4. The molecule has 1 aliphatic carbocycles. The lowest BCUT2D eigenvalue weighted by molar-refractivity contribution is 0.0135. The molecule has 0 aliphatic heterocycles. The van der Waals surface area contributed by atoms with Gasteiger partial charge in [0.25, 0.3) is 0 Å². The summed E-state index contributed by atoms with van der Waals surface area (Å²) < 4.78 is 7.37. The number of nitrogens with zero attached hydrogens (tertiary/aromatic N) is 2. The molecule has 23 heavy (non-hydrogen) atoms. The molecule has 3 atom stereocenters. The minimum absolute atomic E-state index is 0.0314. The van der Waals surface area contributed by atoms with E-state index in [0.717, 1.165) is 12.2 Å². The Morgan fingerprint density at radius 3 is 2.57 bits per heavy atom. The van der Waals surface area contributed by atoms with Crippen LogP contribution in [0.15, 0.2) is 12.4 Å². The van der Waals surface area contributed by atoms with Gasteiger partial charge in [0, 0.05) is 36.9 Å². The molecule has 1 amide bonds. The third-order valence-electron chi connectivity index (χ3n) is 4.66. The van der Waals surface area contributed by atoms with E-state index in [-0.39, 0.29) is 23.6 Å². The largest absolute Gasteiger partial charge is 0.444 e. The van der Waals surface area contributed by atoms with E-state index < -0.39 is 5.60 Å². The van der Waals surface area contributed by atoms with E-state index in [1.54, 1.807) is 0 Å². The molecule has 3 unspecified atom stereocenters. The number of aryl methyl sites for hydroxylation is 1. The molecular weight excluding hydrogens is 292 g/mol. The van der Waals surface area contributed by atoms with Gasteiger partial charge in [-0.15, -0.1) is 0 Å². The monoisotopic (exact) mass is 322 g/mol. The number of carbonyl (C=O) groups is 1. The van der Waals surface area contributed by atoms with Gasteiger partial charge in [0.1, 0.15) is 11.4 Å². The first kappa shape index (κ1) is 17.8. The first-order chi connectivity index (χ1) is 10.5. The number of alkyl carbamates (subject to hydrolysis) is 1. The SMILES string of the molecule is CC(NC1CC(NC(=O)OC(C)(C)C)C1(C)C)c1nccn1C. The Bertz CT molecular complexity index is 559. The van der Waals surface area contributed by atoms with Crippen LogP contribution in [0.4, 0.5) is 4.79 Å². The summed E-state index contributed by atoms with van der Waals surface area (Å²) in [6, 6.07) is 0.610. The van der Waals surface area contributed by atoms with Crippen LogP contribution < -0.4 is 10.6 Å². The highest BCUT2D eigenvalue weighted by atomic mass is 16.6. The van der Waals surface area contributed by atoms with Gasteiger partial charge >= 0.3 is 6.09 Å². The first-order valence-electron chi connectivity index (χ1n) is 8.23. The lowest BCUT2D eigenvalue weighted by Gasteiger charge is -2.53. The van der Waals surface area contributed by atoms with E-state index in [0.29, 0.717) is 6.04 Å². The van der Waals surface area contributed by atoms with Crippen LogP contribution in [-0.2, 0) is 11.8 Å². The first-order valence-corrected chi connectivity index (χ1v) is 8.23. The van der Waals surface area contributed by atoms with E-state index in [1.807, 2.05) is 44.8 Å². The van der Waals surface area contributed by atoms with Gasteiger partial charge in [0.2, 0.25) is 0 Å². The highest BCUT2D eigenvalue weighted by Crippen LogP contribution is 2.41. The van der Waals surface area contributed by atoms with Crippen molar-refractivity contribution in [3.63, 3.8) is 0 Å².